The Morgan fingerprint density at radius 3 is 2.58 bits per heavy atom. The second-order valence-electron chi connectivity index (χ2n) is 5.10. The van der Waals surface area contributed by atoms with Gasteiger partial charge in [0.25, 0.3) is 0 Å². The van der Waals surface area contributed by atoms with E-state index in [1.54, 1.807) is 7.11 Å². The Hall–Kier alpha value is -1.55. The molecule has 1 aliphatic heterocycles. The van der Waals surface area contributed by atoms with Crippen LogP contribution in [-0.2, 0) is 4.79 Å². The zero-order chi connectivity index (χ0) is 13.8. The molecular formula is C15H21NO3. The summed E-state index contributed by atoms with van der Waals surface area (Å²) < 4.78 is 5.11. The molecule has 1 fully saturated rings. The fraction of sp³-hybridized carbons (Fsp3) is 0.533. The maximum atomic E-state index is 11.6. The Balaban J connectivity index is 2.25. The Morgan fingerprint density at radius 1 is 1.37 bits per heavy atom. The molecule has 1 heterocycles. The fourth-order valence-electron chi connectivity index (χ4n) is 2.77. The maximum Gasteiger partial charge on any atom is 0.325 e. The summed E-state index contributed by atoms with van der Waals surface area (Å²) in [6.45, 7) is 2.96. The highest BCUT2D eigenvalue weighted by Crippen LogP contribution is 2.29. The van der Waals surface area contributed by atoms with Crippen molar-refractivity contribution in [2.75, 3.05) is 13.7 Å². The highest BCUT2D eigenvalue weighted by Gasteiger charge is 2.32. The molecule has 1 aliphatic rings. The van der Waals surface area contributed by atoms with Gasteiger partial charge < -0.3 is 9.84 Å². The van der Waals surface area contributed by atoms with Gasteiger partial charge in [0.2, 0.25) is 0 Å². The van der Waals surface area contributed by atoms with Gasteiger partial charge in [0, 0.05) is 6.04 Å². The summed E-state index contributed by atoms with van der Waals surface area (Å²) in [6.07, 6.45) is 3.33. The number of rotatable bonds is 4. The topological polar surface area (TPSA) is 49.8 Å². The van der Waals surface area contributed by atoms with Crippen molar-refractivity contribution in [3.05, 3.63) is 29.8 Å². The normalized spacial score (nSPS) is 21.9. The number of carbonyl (C=O) groups is 1. The Bertz CT molecular complexity index is 430. The summed E-state index contributed by atoms with van der Waals surface area (Å²) in [5, 5.41) is 9.55. The first kappa shape index (κ1) is 13.9. The van der Waals surface area contributed by atoms with E-state index in [1.807, 2.05) is 24.3 Å². The predicted molar refractivity (Wildman–Crippen MR) is 73.4 cm³/mol. The number of nitrogens with zero attached hydrogens (tertiary/aromatic N) is 1. The molecule has 0 bridgehead atoms. The molecule has 0 saturated carbocycles. The van der Waals surface area contributed by atoms with Crippen LogP contribution < -0.4 is 4.74 Å². The zero-order valence-electron chi connectivity index (χ0n) is 11.5. The molecule has 0 amide bonds. The number of hydrogen-bond donors (Lipinski definition) is 1. The number of carboxylic acid groups (broad SMARTS) is 1. The molecule has 19 heavy (non-hydrogen) atoms. The smallest absolute Gasteiger partial charge is 0.325 e. The highest BCUT2D eigenvalue weighted by atomic mass is 16.5. The third-order valence-electron chi connectivity index (χ3n) is 3.85. The first-order valence-corrected chi connectivity index (χ1v) is 6.76. The zero-order valence-corrected chi connectivity index (χ0v) is 11.5. The van der Waals surface area contributed by atoms with Crippen molar-refractivity contribution in [2.45, 2.75) is 38.3 Å². The third kappa shape index (κ3) is 3.07. The lowest BCUT2D eigenvalue weighted by atomic mass is 9.97. The monoisotopic (exact) mass is 263 g/mol. The predicted octanol–water partition coefficient (Wildman–Crippen LogP) is 2.70. The third-order valence-corrected chi connectivity index (χ3v) is 3.85. The standard InChI is InChI=1S/C15H21NO3/c1-11-5-3-4-10-16(11)14(15(17)18)12-6-8-13(19-2)9-7-12/h6-9,11,14H,3-5,10H2,1-2H3,(H,17,18). The van der Waals surface area contributed by atoms with Gasteiger partial charge >= 0.3 is 5.97 Å². The van der Waals surface area contributed by atoms with Crippen molar-refractivity contribution in [1.82, 2.24) is 4.90 Å². The highest BCUT2D eigenvalue weighted by molar-refractivity contribution is 5.75. The van der Waals surface area contributed by atoms with Crippen LogP contribution >= 0.6 is 0 Å². The van der Waals surface area contributed by atoms with E-state index in [0.717, 1.165) is 30.7 Å². The van der Waals surface area contributed by atoms with Crippen LogP contribution in [0.3, 0.4) is 0 Å². The average molecular weight is 263 g/mol. The molecule has 0 aromatic heterocycles. The van der Waals surface area contributed by atoms with Crippen molar-refractivity contribution in [3.8, 4) is 5.75 Å². The quantitative estimate of drug-likeness (QED) is 0.907. The molecule has 0 spiro atoms. The summed E-state index contributed by atoms with van der Waals surface area (Å²) >= 11 is 0. The number of ether oxygens (including phenoxy) is 1. The number of methoxy groups -OCH3 is 1. The number of carboxylic acids is 1. The van der Waals surface area contributed by atoms with E-state index in [0.29, 0.717) is 6.04 Å². The molecule has 4 heteroatoms. The molecule has 4 nitrogen and oxygen atoms in total. The van der Waals surface area contributed by atoms with Gasteiger partial charge in [-0.15, -0.1) is 0 Å². The molecule has 1 N–H and O–H groups in total. The van der Waals surface area contributed by atoms with Crippen molar-refractivity contribution in [1.29, 1.82) is 0 Å². The van der Waals surface area contributed by atoms with Gasteiger partial charge in [-0.1, -0.05) is 18.6 Å². The first-order chi connectivity index (χ1) is 9.13. The second-order valence-corrected chi connectivity index (χ2v) is 5.10. The van der Waals surface area contributed by atoms with E-state index < -0.39 is 12.0 Å². The Labute approximate surface area is 114 Å². The Morgan fingerprint density at radius 2 is 2.05 bits per heavy atom. The van der Waals surface area contributed by atoms with E-state index in [4.69, 9.17) is 4.74 Å². The van der Waals surface area contributed by atoms with Crippen LogP contribution in [-0.4, -0.2) is 35.7 Å². The van der Waals surface area contributed by atoms with Crippen molar-refractivity contribution in [2.24, 2.45) is 0 Å². The summed E-state index contributed by atoms with van der Waals surface area (Å²) in [5.41, 5.74) is 0.821. The number of hydrogen-bond acceptors (Lipinski definition) is 3. The molecule has 2 unspecified atom stereocenters. The molecule has 104 valence electrons. The van der Waals surface area contributed by atoms with Crippen molar-refractivity contribution < 1.29 is 14.6 Å². The van der Waals surface area contributed by atoms with Gasteiger partial charge in [-0.25, -0.2) is 0 Å². The summed E-state index contributed by atoms with van der Waals surface area (Å²) in [4.78, 5) is 13.7. The van der Waals surface area contributed by atoms with E-state index in [9.17, 15) is 9.90 Å². The minimum absolute atomic E-state index is 0.317. The largest absolute Gasteiger partial charge is 0.497 e. The Kier molecular flexibility index (Phi) is 4.43. The molecule has 1 saturated heterocycles. The van der Waals surface area contributed by atoms with E-state index in [1.165, 1.54) is 6.42 Å². The minimum atomic E-state index is -0.779. The SMILES string of the molecule is COc1ccc(C(C(=O)O)N2CCCCC2C)cc1. The van der Waals surface area contributed by atoms with Gasteiger partial charge in [-0.05, 0) is 44.0 Å². The second kappa shape index (κ2) is 6.06. The summed E-state index contributed by atoms with van der Waals surface area (Å²) in [7, 11) is 1.61. The van der Waals surface area contributed by atoms with Crippen LogP contribution in [0.1, 0.15) is 37.8 Å². The van der Waals surface area contributed by atoms with Crippen LogP contribution in [0.25, 0.3) is 0 Å². The molecule has 1 aromatic rings. The minimum Gasteiger partial charge on any atom is -0.497 e. The van der Waals surface area contributed by atoms with Crippen molar-refractivity contribution >= 4 is 5.97 Å². The van der Waals surface area contributed by atoms with Crippen LogP contribution in [0.5, 0.6) is 5.75 Å². The summed E-state index contributed by atoms with van der Waals surface area (Å²) in [5.74, 6) is -0.0292. The van der Waals surface area contributed by atoms with Gasteiger partial charge in [-0.2, -0.15) is 0 Å². The lowest BCUT2D eigenvalue weighted by Gasteiger charge is -2.37. The van der Waals surface area contributed by atoms with Gasteiger partial charge in [0.1, 0.15) is 11.8 Å². The van der Waals surface area contributed by atoms with E-state index in [-0.39, 0.29) is 0 Å². The van der Waals surface area contributed by atoms with Crippen LogP contribution in [0, 0.1) is 0 Å². The lowest BCUT2D eigenvalue weighted by Crippen LogP contribution is -2.43. The molecule has 2 rings (SSSR count). The molecule has 2 atom stereocenters. The number of likely N-dealkylation sites (tertiary alicyclic amines) is 1. The molecule has 0 radical (unpaired) electrons. The molecule has 0 aliphatic carbocycles. The lowest BCUT2D eigenvalue weighted by molar-refractivity contribution is -0.145. The van der Waals surface area contributed by atoms with Crippen molar-refractivity contribution in [3.63, 3.8) is 0 Å². The summed E-state index contributed by atoms with van der Waals surface area (Å²) in [6, 6.07) is 7.09. The van der Waals surface area contributed by atoms with Gasteiger partial charge in [-0.3, -0.25) is 9.69 Å². The van der Waals surface area contributed by atoms with Crippen LogP contribution in [0.2, 0.25) is 0 Å². The molecule has 1 aromatic carbocycles. The molecular weight excluding hydrogens is 242 g/mol. The number of benzene rings is 1. The average Bonchev–Trinajstić information content (AvgIpc) is 2.42. The van der Waals surface area contributed by atoms with Gasteiger partial charge in [0.15, 0.2) is 0 Å². The van der Waals surface area contributed by atoms with Crippen LogP contribution in [0.4, 0.5) is 0 Å². The van der Waals surface area contributed by atoms with E-state index in [2.05, 4.69) is 11.8 Å². The van der Waals surface area contributed by atoms with Gasteiger partial charge in [0.05, 0.1) is 7.11 Å². The number of aliphatic carboxylic acids is 1. The maximum absolute atomic E-state index is 11.6. The van der Waals surface area contributed by atoms with E-state index >= 15 is 0 Å². The van der Waals surface area contributed by atoms with Crippen LogP contribution in [0.15, 0.2) is 24.3 Å². The number of piperidine rings is 1. The fourth-order valence-corrected chi connectivity index (χ4v) is 2.77. The first-order valence-electron chi connectivity index (χ1n) is 6.76.